The van der Waals surface area contributed by atoms with Gasteiger partial charge in [-0.05, 0) is 51.4 Å². The summed E-state index contributed by atoms with van der Waals surface area (Å²) in [5, 5.41) is 0. The fourth-order valence-electron chi connectivity index (χ4n) is 3.47. The zero-order chi connectivity index (χ0) is 23.4. The van der Waals surface area contributed by atoms with Crippen LogP contribution in [0.1, 0.15) is 129 Å². The molecule has 0 saturated carbocycles. The molecule has 0 saturated heterocycles. The van der Waals surface area contributed by atoms with Crippen LogP contribution in [0.15, 0.2) is 48.6 Å². The summed E-state index contributed by atoms with van der Waals surface area (Å²) >= 11 is 0. The largest absolute Gasteiger partial charge is 0.466 e. The predicted molar refractivity (Wildman–Crippen MR) is 142 cm³/mol. The van der Waals surface area contributed by atoms with Gasteiger partial charge in [-0.15, -0.1) is 0 Å². The fraction of sp³-hybridized carbons (Fsp3) is 0.700. The van der Waals surface area contributed by atoms with Crippen LogP contribution in [0.25, 0.3) is 0 Å². The van der Waals surface area contributed by atoms with Crippen molar-refractivity contribution in [1.82, 2.24) is 0 Å². The monoisotopic (exact) mass is 444 g/mol. The maximum atomic E-state index is 11.8. The van der Waals surface area contributed by atoms with Crippen LogP contribution in [0.3, 0.4) is 0 Å². The number of ether oxygens (including phenoxy) is 1. The van der Waals surface area contributed by atoms with Gasteiger partial charge in [-0.2, -0.15) is 0 Å². The van der Waals surface area contributed by atoms with Crippen molar-refractivity contribution in [3.05, 3.63) is 48.6 Å². The lowest BCUT2D eigenvalue weighted by molar-refractivity contribution is -0.143. The van der Waals surface area contributed by atoms with Gasteiger partial charge in [0, 0.05) is 6.42 Å². The number of rotatable bonds is 23. The van der Waals surface area contributed by atoms with Crippen LogP contribution in [-0.2, 0) is 9.53 Å². The number of allylic oxidation sites excluding steroid dienone is 8. The molecular formula is C30H52O2. The van der Waals surface area contributed by atoms with E-state index in [1.54, 1.807) is 0 Å². The lowest BCUT2D eigenvalue weighted by Crippen LogP contribution is -2.05. The number of hydrogen-bond acceptors (Lipinski definition) is 2. The van der Waals surface area contributed by atoms with E-state index in [0.29, 0.717) is 13.0 Å². The molecule has 0 fully saturated rings. The Morgan fingerprint density at radius 1 is 0.562 bits per heavy atom. The summed E-state index contributed by atoms with van der Waals surface area (Å²) in [7, 11) is 0. The maximum Gasteiger partial charge on any atom is 0.305 e. The summed E-state index contributed by atoms with van der Waals surface area (Å²) < 4.78 is 5.37. The average Bonchev–Trinajstić information content (AvgIpc) is 2.80. The Balaban J connectivity index is 3.27. The van der Waals surface area contributed by atoms with E-state index in [4.69, 9.17) is 4.74 Å². The zero-order valence-corrected chi connectivity index (χ0v) is 21.4. The van der Waals surface area contributed by atoms with Gasteiger partial charge in [0.25, 0.3) is 0 Å². The Hall–Kier alpha value is -1.57. The molecule has 0 bridgehead atoms. The van der Waals surface area contributed by atoms with Crippen molar-refractivity contribution in [1.29, 1.82) is 0 Å². The highest BCUT2D eigenvalue weighted by atomic mass is 16.5. The molecule has 2 nitrogen and oxygen atoms in total. The van der Waals surface area contributed by atoms with E-state index >= 15 is 0 Å². The van der Waals surface area contributed by atoms with Gasteiger partial charge in [0.2, 0.25) is 0 Å². The van der Waals surface area contributed by atoms with E-state index in [1.807, 2.05) is 0 Å². The maximum absolute atomic E-state index is 11.8. The van der Waals surface area contributed by atoms with Gasteiger partial charge in [-0.1, -0.05) is 120 Å². The van der Waals surface area contributed by atoms with Gasteiger partial charge in [0.1, 0.15) is 0 Å². The molecule has 0 amide bonds. The topological polar surface area (TPSA) is 26.3 Å². The number of unbranched alkanes of at least 4 members (excludes halogenated alkanes) is 13. The van der Waals surface area contributed by atoms with Gasteiger partial charge < -0.3 is 4.74 Å². The molecule has 0 N–H and O–H groups in total. The first kappa shape index (κ1) is 30.4. The number of hydrogen-bond donors (Lipinski definition) is 0. The predicted octanol–water partition coefficient (Wildman–Crippen LogP) is 9.82. The molecule has 2 heteroatoms. The minimum Gasteiger partial charge on any atom is -0.466 e. The Morgan fingerprint density at radius 2 is 1.03 bits per heavy atom. The third-order valence-corrected chi connectivity index (χ3v) is 5.49. The molecule has 0 aliphatic heterocycles. The molecule has 0 spiro atoms. The second kappa shape index (κ2) is 27.5. The van der Waals surface area contributed by atoms with E-state index < -0.39 is 0 Å². The van der Waals surface area contributed by atoms with Crippen LogP contribution in [-0.4, -0.2) is 12.6 Å². The minimum atomic E-state index is -0.00626. The summed E-state index contributed by atoms with van der Waals surface area (Å²) in [6, 6.07) is 0. The molecule has 0 aliphatic rings. The Labute approximate surface area is 200 Å². The summed E-state index contributed by atoms with van der Waals surface area (Å²) in [6.07, 6.45) is 38.5. The van der Waals surface area contributed by atoms with Crippen LogP contribution in [0.5, 0.6) is 0 Å². The van der Waals surface area contributed by atoms with Crippen molar-refractivity contribution in [2.75, 3.05) is 6.61 Å². The quantitative estimate of drug-likeness (QED) is 0.0890. The second-order valence-electron chi connectivity index (χ2n) is 8.70. The summed E-state index contributed by atoms with van der Waals surface area (Å²) in [5.41, 5.74) is 0. The minimum absolute atomic E-state index is 0.00626. The SMILES string of the molecule is CC/C=C/C=C/CCCCCCCC(=O)OCCCCCCCCC/C=C/C=C/CCC. The molecular weight excluding hydrogens is 392 g/mol. The van der Waals surface area contributed by atoms with E-state index in [0.717, 1.165) is 32.1 Å². The zero-order valence-electron chi connectivity index (χ0n) is 21.4. The van der Waals surface area contributed by atoms with E-state index in [1.165, 1.54) is 77.0 Å². The number of esters is 1. The molecule has 0 radical (unpaired) electrons. The first-order chi connectivity index (χ1) is 15.8. The normalized spacial score (nSPS) is 12.2. The second-order valence-corrected chi connectivity index (χ2v) is 8.70. The number of carbonyl (C=O) groups is 1. The average molecular weight is 445 g/mol. The molecule has 0 aromatic rings. The molecule has 0 rings (SSSR count). The van der Waals surface area contributed by atoms with E-state index in [-0.39, 0.29) is 5.97 Å². The van der Waals surface area contributed by atoms with Crippen LogP contribution in [0.2, 0.25) is 0 Å². The van der Waals surface area contributed by atoms with Gasteiger partial charge in [0.15, 0.2) is 0 Å². The van der Waals surface area contributed by atoms with Gasteiger partial charge in [-0.3, -0.25) is 4.79 Å². The first-order valence-corrected chi connectivity index (χ1v) is 13.6. The molecule has 0 aliphatic carbocycles. The van der Waals surface area contributed by atoms with Crippen molar-refractivity contribution in [3.8, 4) is 0 Å². The summed E-state index contributed by atoms with van der Waals surface area (Å²) in [6.45, 7) is 4.96. The number of carbonyl (C=O) groups excluding carboxylic acids is 1. The highest BCUT2D eigenvalue weighted by Gasteiger charge is 2.02. The Bertz CT molecular complexity index is 499. The summed E-state index contributed by atoms with van der Waals surface area (Å²) in [5.74, 6) is -0.00626. The van der Waals surface area contributed by atoms with Gasteiger partial charge >= 0.3 is 5.97 Å². The molecule has 0 unspecified atom stereocenters. The lowest BCUT2D eigenvalue weighted by atomic mass is 10.1. The molecule has 184 valence electrons. The van der Waals surface area contributed by atoms with Crippen LogP contribution >= 0.6 is 0 Å². The van der Waals surface area contributed by atoms with Crippen molar-refractivity contribution >= 4 is 5.97 Å². The highest BCUT2D eigenvalue weighted by Crippen LogP contribution is 2.10. The first-order valence-electron chi connectivity index (χ1n) is 13.6. The van der Waals surface area contributed by atoms with Crippen molar-refractivity contribution < 1.29 is 9.53 Å². The fourth-order valence-corrected chi connectivity index (χ4v) is 3.47. The smallest absolute Gasteiger partial charge is 0.305 e. The van der Waals surface area contributed by atoms with Crippen molar-refractivity contribution in [3.63, 3.8) is 0 Å². The highest BCUT2D eigenvalue weighted by molar-refractivity contribution is 5.69. The van der Waals surface area contributed by atoms with E-state index in [9.17, 15) is 4.79 Å². The summed E-state index contributed by atoms with van der Waals surface area (Å²) in [4.78, 5) is 11.8. The van der Waals surface area contributed by atoms with E-state index in [2.05, 4.69) is 62.5 Å². The third-order valence-electron chi connectivity index (χ3n) is 5.49. The van der Waals surface area contributed by atoms with Crippen molar-refractivity contribution in [2.45, 2.75) is 129 Å². The lowest BCUT2D eigenvalue weighted by Gasteiger charge is -2.05. The van der Waals surface area contributed by atoms with Crippen LogP contribution in [0.4, 0.5) is 0 Å². The molecule has 32 heavy (non-hydrogen) atoms. The molecule has 0 heterocycles. The third kappa shape index (κ3) is 26.5. The standard InChI is InChI=1S/C30H52O2/c1-3-5-7-9-11-13-15-16-17-19-21-23-25-27-29-32-30(31)28-26-24-22-20-18-14-12-10-8-6-4-2/h6-13H,3-5,14-29H2,1-2H3/b8-6+,9-7+,12-10+,13-11+. The van der Waals surface area contributed by atoms with Crippen LogP contribution < -0.4 is 0 Å². The Morgan fingerprint density at radius 3 is 1.59 bits per heavy atom. The molecule has 0 atom stereocenters. The van der Waals surface area contributed by atoms with Crippen LogP contribution in [0, 0.1) is 0 Å². The Kier molecular flexibility index (Phi) is 26.1. The molecule has 0 aromatic carbocycles. The van der Waals surface area contributed by atoms with Crippen molar-refractivity contribution in [2.24, 2.45) is 0 Å². The van der Waals surface area contributed by atoms with Gasteiger partial charge in [-0.25, -0.2) is 0 Å². The van der Waals surface area contributed by atoms with Gasteiger partial charge in [0.05, 0.1) is 6.61 Å². The molecule has 0 aromatic heterocycles.